The van der Waals surface area contributed by atoms with Gasteiger partial charge in [-0.2, -0.15) is 0 Å². The summed E-state index contributed by atoms with van der Waals surface area (Å²) in [5.74, 6) is 0.718. The topological polar surface area (TPSA) is 15.3 Å². The molecule has 0 amide bonds. The van der Waals surface area contributed by atoms with Crippen LogP contribution in [-0.4, -0.2) is 30.6 Å². The van der Waals surface area contributed by atoms with Crippen LogP contribution in [0, 0.1) is 11.7 Å². The molecule has 118 valence electrons. The standard InChI is InChI=1S/C18H29FN2/c1-4-10-20-18(16-7-5-6-8-17(16)19)13-21-11-9-14(2)12-15(21)3/h5-8,14-15,18,20H,4,9-13H2,1-3H3. The SMILES string of the molecule is CCCNC(CN1CCC(C)CC1C)c1ccccc1F. The molecular formula is C18H29FN2. The number of hydrogen-bond acceptors (Lipinski definition) is 2. The van der Waals surface area contributed by atoms with Crippen molar-refractivity contribution in [3.63, 3.8) is 0 Å². The lowest BCUT2D eigenvalue weighted by molar-refractivity contribution is 0.116. The van der Waals surface area contributed by atoms with Crippen LogP contribution in [0.25, 0.3) is 0 Å². The molecule has 1 N–H and O–H groups in total. The number of nitrogens with zero attached hydrogens (tertiary/aromatic N) is 1. The third kappa shape index (κ3) is 4.52. The van der Waals surface area contributed by atoms with Gasteiger partial charge in [-0.1, -0.05) is 32.0 Å². The van der Waals surface area contributed by atoms with E-state index in [1.807, 2.05) is 12.1 Å². The van der Waals surface area contributed by atoms with Gasteiger partial charge >= 0.3 is 0 Å². The quantitative estimate of drug-likeness (QED) is 0.853. The van der Waals surface area contributed by atoms with Gasteiger partial charge in [0.2, 0.25) is 0 Å². The van der Waals surface area contributed by atoms with Crippen LogP contribution in [-0.2, 0) is 0 Å². The van der Waals surface area contributed by atoms with E-state index in [-0.39, 0.29) is 11.9 Å². The van der Waals surface area contributed by atoms with E-state index in [1.165, 1.54) is 12.8 Å². The van der Waals surface area contributed by atoms with Gasteiger partial charge in [-0.15, -0.1) is 0 Å². The Kier molecular flexibility index (Phi) is 6.19. The van der Waals surface area contributed by atoms with Crippen LogP contribution in [0.1, 0.15) is 51.6 Å². The first-order valence-electron chi connectivity index (χ1n) is 8.33. The monoisotopic (exact) mass is 292 g/mol. The molecule has 21 heavy (non-hydrogen) atoms. The molecule has 2 rings (SSSR count). The molecule has 0 aromatic heterocycles. The minimum absolute atomic E-state index is 0.0852. The van der Waals surface area contributed by atoms with Crippen molar-refractivity contribution in [2.24, 2.45) is 5.92 Å². The van der Waals surface area contributed by atoms with E-state index in [9.17, 15) is 4.39 Å². The molecule has 0 bridgehead atoms. The maximum Gasteiger partial charge on any atom is 0.128 e. The van der Waals surface area contributed by atoms with Gasteiger partial charge < -0.3 is 5.32 Å². The molecule has 1 aliphatic rings. The number of likely N-dealkylation sites (tertiary alicyclic amines) is 1. The molecule has 1 fully saturated rings. The molecule has 3 unspecified atom stereocenters. The maximum atomic E-state index is 14.1. The summed E-state index contributed by atoms with van der Waals surface area (Å²) >= 11 is 0. The zero-order chi connectivity index (χ0) is 15.2. The summed E-state index contributed by atoms with van der Waals surface area (Å²) in [7, 11) is 0. The Labute approximate surface area is 128 Å². The second-order valence-electron chi connectivity index (χ2n) is 6.50. The van der Waals surface area contributed by atoms with Crippen LogP contribution in [0.4, 0.5) is 4.39 Å². The van der Waals surface area contributed by atoms with Crippen LogP contribution in [0.3, 0.4) is 0 Å². The van der Waals surface area contributed by atoms with Crippen molar-refractivity contribution in [2.45, 2.75) is 52.1 Å². The van der Waals surface area contributed by atoms with E-state index in [2.05, 4.69) is 31.0 Å². The van der Waals surface area contributed by atoms with Crippen molar-refractivity contribution in [3.05, 3.63) is 35.6 Å². The van der Waals surface area contributed by atoms with Crippen molar-refractivity contribution in [2.75, 3.05) is 19.6 Å². The van der Waals surface area contributed by atoms with E-state index >= 15 is 0 Å². The molecule has 0 saturated carbocycles. The molecule has 0 spiro atoms. The van der Waals surface area contributed by atoms with Gasteiger partial charge in [0.1, 0.15) is 5.82 Å². The number of rotatable bonds is 6. The molecular weight excluding hydrogens is 263 g/mol. The minimum atomic E-state index is -0.0934. The number of nitrogens with one attached hydrogen (secondary N) is 1. The average molecular weight is 292 g/mol. The third-order valence-electron chi connectivity index (χ3n) is 4.61. The summed E-state index contributed by atoms with van der Waals surface area (Å²) in [5, 5.41) is 3.52. The van der Waals surface area contributed by atoms with Crippen LogP contribution in [0.15, 0.2) is 24.3 Å². The van der Waals surface area contributed by atoms with Gasteiger partial charge in [0.05, 0.1) is 0 Å². The highest BCUT2D eigenvalue weighted by molar-refractivity contribution is 5.21. The lowest BCUT2D eigenvalue weighted by Gasteiger charge is -2.38. The predicted molar refractivity (Wildman–Crippen MR) is 86.9 cm³/mol. The predicted octanol–water partition coefficient (Wildman–Crippen LogP) is 3.99. The van der Waals surface area contributed by atoms with Crippen molar-refractivity contribution in [1.82, 2.24) is 10.2 Å². The lowest BCUT2D eigenvalue weighted by Crippen LogP contribution is -2.45. The Balaban J connectivity index is 2.08. The highest BCUT2D eigenvalue weighted by atomic mass is 19.1. The smallest absolute Gasteiger partial charge is 0.128 e. The van der Waals surface area contributed by atoms with Crippen molar-refractivity contribution >= 4 is 0 Å². The van der Waals surface area contributed by atoms with Gasteiger partial charge in [0.15, 0.2) is 0 Å². The van der Waals surface area contributed by atoms with Gasteiger partial charge in [-0.3, -0.25) is 4.90 Å². The molecule has 1 heterocycles. The summed E-state index contributed by atoms with van der Waals surface area (Å²) in [4.78, 5) is 2.51. The number of hydrogen-bond donors (Lipinski definition) is 1. The number of benzene rings is 1. The minimum Gasteiger partial charge on any atom is -0.309 e. The molecule has 1 aromatic rings. The summed E-state index contributed by atoms with van der Waals surface area (Å²) in [6.07, 6.45) is 3.57. The van der Waals surface area contributed by atoms with E-state index in [0.717, 1.165) is 37.5 Å². The van der Waals surface area contributed by atoms with Gasteiger partial charge in [-0.25, -0.2) is 4.39 Å². The van der Waals surface area contributed by atoms with Crippen LogP contribution >= 0.6 is 0 Å². The first kappa shape index (κ1) is 16.4. The molecule has 0 radical (unpaired) electrons. The van der Waals surface area contributed by atoms with Crippen LogP contribution in [0.5, 0.6) is 0 Å². The first-order chi connectivity index (χ1) is 10.1. The summed E-state index contributed by atoms with van der Waals surface area (Å²) in [6, 6.07) is 7.85. The number of piperidine rings is 1. The van der Waals surface area contributed by atoms with Crippen molar-refractivity contribution in [1.29, 1.82) is 0 Å². The summed E-state index contributed by atoms with van der Waals surface area (Å²) in [6.45, 7) is 9.73. The molecule has 2 nitrogen and oxygen atoms in total. The highest BCUT2D eigenvalue weighted by Crippen LogP contribution is 2.25. The molecule has 0 aliphatic carbocycles. The Hall–Kier alpha value is -0.930. The largest absolute Gasteiger partial charge is 0.309 e. The average Bonchev–Trinajstić information content (AvgIpc) is 2.46. The second-order valence-corrected chi connectivity index (χ2v) is 6.50. The summed E-state index contributed by atoms with van der Waals surface area (Å²) in [5.41, 5.74) is 0.803. The van der Waals surface area contributed by atoms with Gasteiger partial charge in [0.25, 0.3) is 0 Å². The third-order valence-corrected chi connectivity index (χ3v) is 4.61. The van der Waals surface area contributed by atoms with Crippen LogP contribution in [0.2, 0.25) is 0 Å². The molecule has 1 aliphatic heterocycles. The fourth-order valence-corrected chi connectivity index (χ4v) is 3.31. The zero-order valence-corrected chi connectivity index (χ0v) is 13.6. The van der Waals surface area contributed by atoms with Crippen molar-refractivity contribution < 1.29 is 4.39 Å². The zero-order valence-electron chi connectivity index (χ0n) is 13.6. The summed E-state index contributed by atoms with van der Waals surface area (Å²) < 4.78 is 14.1. The lowest BCUT2D eigenvalue weighted by atomic mass is 9.92. The Morgan fingerprint density at radius 1 is 1.33 bits per heavy atom. The molecule has 1 saturated heterocycles. The van der Waals surface area contributed by atoms with E-state index in [0.29, 0.717) is 6.04 Å². The van der Waals surface area contributed by atoms with E-state index in [1.54, 1.807) is 12.1 Å². The second kappa shape index (κ2) is 7.90. The Bertz CT molecular complexity index is 435. The van der Waals surface area contributed by atoms with E-state index in [4.69, 9.17) is 0 Å². The number of halogens is 1. The fourth-order valence-electron chi connectivity index (χ4n) is 3.31. The van der Waals surface area contributed by atoms with Gasteiger partial charge in [-0.05, 0) is 51.3 Å². The normalized spacial score (nSPS) is 25.0. The van der Waals surface area contributed by atoms with Gasteiger partial charge in [0, 0.05) is 24.2 Å². The van der Waals surface area contributed by atoms with Crippen LogP contribution < -0.4 is 5.32 Å². The van der Waals surface area contributed by atoms with Crippen molar-refractivity contribution in [3.8, 4) is 0 Å². The maximum absolute atomic E-state index is 14.1. The molecule has 1 aromatic carbocycles. The fraction of sp³-hybridized carbons (Fsp3) is 0.667. The Morgan fingerprint density at radius 3 is 2.76 bits per heavy atom. The molecule has 3 heteroatoms. The Morgan fingerprint density at radius 2 is 2.10 bits per heavy atom. The highest BCUT2D eigenvalue weighted by Gasteiger charge is 2.26. The molecule has 3 atom stereocenters. The van der Waals surface area contributed by atoms with E-state index < -0.39 is 0 Å². The first-order valence-corrected chi connectivity index (χ1v) is 8.33.